The highest BCUT2D eigenvalue weighted by Gasteiger charge is 2.34. The number of aromatic nitrogens is 1. The molecule has 0 spiro atoms. The van der Waals surface area contributed by atoms with Crippen LogP contribution in [0.1, 0.15) is 32.1 Å². The van der Waals surface area contributed by atoms with Crippen molar-refractivity contribution in [2.24, 2.45) is 5.92 Å². The topological polar surface area (TPSA) is 54.0 Å². The number of thiazole rings is 1. The summed E-state index contributed by atoms with van der Waals surface area (Å²) in [4.78, 5) is 16.8. The molecule has 1 aromatic heterocycles. The molecule has 24 heavy (non-hydrogen) atoms. The summed E-state index contributed by atoms with van der Waals surface area (Å²) in [6.07, 6.45) is 5.44. The Labute approximate surface area is 152 Å². The number of carbonyl (C=O) groups excluding carboxylic acids is 1. The third-order valence-corrected chi connectivity index (χ3v) is 5.62. The van der Waals surface area contributed by atoms with E-state index in [4.69, 9.17) is 0 Å². The molecule has 2 atom stereocenters. The predicted molar refractivity (Wildman–Crippen MR) is 101 cm³/mol. The van der Waals surface area contributed by atoms with Gasteiger partial charge in [0.25, 0.3) is 0 Å². The van der Waals surface area contributed by atoms with Gasteiger partial charge in [-0.3, -0.25) is 4.79 Å². The maximum Gasteiger partial charge on any atom is 0.226 e. The van der Waals surface area contributed by atoms with Gasteiger partial charge in [-0.15, -0.1) is 23.7 Å². The molecule has 2 aliphatic rings. The van der Waals surface area contributed by atoms with Gasteiger partial charge in [-0.05, 0) is 31.6 Å². The Morgan fingerprint density at radius 3 is 2.62 bits per heavy atom. The Morgan fingerprint density at radius 1 is 1.21 bits per heavy atom. The summed E-state index contributed by atoms with van der Waals surface area (Å²) in [5.41, 5.74) is 2.00. The van der Waals surface area contributed by atoms with E-state index in [1.165, 1.54) is 24.2 Å². The summed E-state index contributed by atoms with van der Waals surface area (Å²) >= 11 is 1.49. The first kappa shape index (κ1) is 17.4. The molecule has 2 unspecified atom stereocenters. The number of nitrogens with zero attached hydrogens (tertiary/aromatic N) is 1. The molecule has 3 heterocycles. The molecule has 2 aromatic rings. The minimum Gasteiger partial charge on any atom is -0.311 e. The van der Waals surface area contributed by atoms with Crippen LogP contribution in [0.4, 0.5) is 5.13 Å². The van der Waals surface area contributed by atoms with Crippen molar-refractivity contribution >= 4 is 34.8 Å². The number of amides is 1. The molecule has 1 amide bonds. The van der Waals surface area contributed by atoms with Crippen LogP contribution in [0.2, 0.25) is 0 Å². The van der Waals surface area contributed by atoms with E-state index < -0.39 is 0 Å². The van der Waals surface area contributed by atoms with Gasteiger partial charge in [0.05, 0.1) is 5.69 Å². The minimum atomic E-state index is 0. The molecule has 4 nitrogen and oxygen atoms in total. The first-order valence-corrected chi connectivity index (χ1v) is 9.21. The van der Waals surface area contributed by atoms with Crippen LogP contribution in [0.25, 0.3) is 11.3 Å². The van der Waals surface area contributed by atoms with Gasteiger partial charge >= 0.3 is 0 Å². The Kier molecular flexibility index (Phi) is 5.54. The molecular weight excluding hydrogens is 342 g/mol. The van der Waals surface area contributed by atoms with Gasteiger partial charge in [-0.25, -0.2) is 4.98 Å². The lowest BCUT2D eigenvalue weighted by Gasteiger charge is -2.28. The fourth-order valence-electron chi connectivity index (χ4n) is 3.85. The SMILES string of the molecule is Cl.O=C(CC1CC2CCC(C1)N2)Nc1nc(-c2ccccc2)cs1. The highest BCUT2D eigenvalue weighted by atomic mass is 35.5. The molecule has 2 fully saturated rings. The van der Waals surface area contributed by atoms with Crippen LogP contribution in [-0.2, 0) is 4.79 Å². The summed E-state index contributed by atoms with van der Waals surface area (Å²) in [6.45, 7) is 0. The lowest BCUT2D eigenvalue weighted by molar-refractivity contribution is -0.117. The fraction of sp³-hybridized carbons (Fsp3) is 0.444. The number of fused-ring (bicyclic) bond motifs is 2. The van der Waals surface area contributed by atoms with E-state index in [0.29, 0.717) is 29.6 Å². The lowest BCUT2D eigenvalue weighted by Crippen LogP contribution is -2.39. The molecule has 2 saturated heterocycles. The van der Waals surface area contributed by atoms with Gasteiger partial charge in [0, 0.05) is 29.4 Å². The summed E-state index contributed by atoms with van der Waals surface area (Å²) < 4.78 is 0. The van der Waals surface area contributed by atoms with E-state index in [-0.39, 0.29) is 18.3 Å². The Morgan fingerprint density at radius 2 is 1.92 bits per heavy atom. The van der Waals surface area contributed by atoms with Crippen LogP contribution in [0, 0.1) is 5.92 Å². The van der Waals surface area contributed by atoms with Crippen LogP contribution in [0.5, 0.6) is 0 Å². The van der Waals surface area contributed by atoms with Gasteiger partial charge in [-0.2, -0.15) is 0 Å². The monoisotopic (exact) mass is 363 g/mol. The average Bonchev–Trinajstić information content (AvgIpc) is 3.15. The third kappa shape index (κ3) is 3.97. The molecule has 2 N–H and O–H groups in total. The summed E-state index contributed by atoms with van der Waals surface area (Å²) in [5.74, 6) is 0.618. The van der Waals surface area contributed by atoms with Gasteiger partial charge in [0.15, 0.2) is 5.13 Å². The molecule has 1 aromatic carbocycles. The predicted octanol–water partition coefficient (Wildman–Crippen LogP) is 4.09. The Bertz CT molecular complexity index is 679. The standard InChI is InChI=1S/C18H21N3OS.ClH/c22-17(10-12-8-14-6-7-15(9-12)19-14)21-18-20-16(11-23-18)13-4-2-1-3-5-13;/h1-5,11-12,14-15,19H,6-10H2,(H,20,21,22);1H. The molecule has 0 aliphatic carbocycles. The summed E-state index contributed by atoms with van der Waals surface area (Å²) in [5, 5.41) is 9.30. The number of piperidine rings is 1. The van der Waals surface area contributed by atoms with Crippen molar-refractivity contribution in [2.45, 2.75) is 44.2 Å². The number of halogens is 1. The third-order valence-electron chi connectivity index (χ3n) is 4.86. The Balaban J connectivity index is 0.00000169. The maximum atomic E-state index is 12.3. The Hall–Kier alpha value is -1.43. The van der Waals surface area contributed by atoms with Crippen molar-refractivity contribution in [3.05, 3.63) is 35.7 Å². The quantitative estimate of drug-likeness (QED) is 0.860. The molecule has 2 bridgehead atoms. The van der Waals surface area contributed by atoms with Crippen molar-refractivity contribution in [1.82, 2.24) is 10.3 Å². The van der Waals surface area contributed by atoms with Crippen LogP contribution in [0.15, 0.2) is 35.7 Å². The number of rotatable bonds is 4. The molecule has 6 heteroatoms. The molecule has 2 aliphatic heterocycles. The second kappa shape index (κ2) is 7.64. The highest BCUT2D eigenvalue weighted by Crippen LogP contribution is 2.33. The van der Waals surface area contributed by atoms with Crippen LogP contribution in [0.3, 0.4) is 0 Å². The van der Waals surface area contributed by atoms with Crippen molar-refractivity contribution in [1.29, 1.82) is 0 Å². The zero-order valence-corrected chi connectivity index (χ0v) is 15.0. The molecule has 0 radical (unpaired) electrons. The second-order valence-corrected chi connectivity index (χ2v) is 7.49. The minimum absolute atomic E-state index is 0. The normalized spacial score (nSPS) is 25.1. The van der Waals surface area contributed by atoms with E-state index in [9.17, 15) is 4.79 Å². The molecule has 0 saturated carbocycles. The van der Waals surface area contributed by atoms with Crippen molar-refractivity contribution < 1.29 is 4.79 Å². The summed E-state index contributed by atoms with van der Waals surface area (Å²) in [7, 11) is 0. The lowest BCUT2D eigenvalue weighted by atomic mass is 9.89. The molecule has 4 rings (SSSR count). The molecular formula is C18H22ClN3OS. The number of anilines is 1. The number of nitrogens with one attached hydrogen (secondary N) is 2. The maximum absolute atomic E-state index is 12.3. The fourth-order valence-corrected chi connectivity index (χ4v) is 4.58. The van der Waals surface area contributed by atoms with Crippen molar-refractivity contribution in [2.75, 3.05) is 5.32 Å². The van der Waals surface area contributed by atoms with Crippen LogP contribution < -0.4 is 10.6 Å². The number of hydrogen-bond acceptors (Lipinski definition) is 4. The first-order chi connectivity index (χ1) is 11.3. The van der Waals surface area contributed by atoms with Gasteiger partial charge in [-0.1, -0.05) is 30.3 Å². The second-order valence-electron chi connectivity index (χ2n) is 6.63. The van der Waals surface area contributed by atoms with E-state index >= 15 is 0 Å². The molecule has 128 valence electrons. The first-order valence-electron chi connectivity index (χ1n) is 8.33. The summed E-state index contributed by atoms with van der Waals surface area (Å²) in [6, 6.07) is 11.3. The zero-order valence-electron chi connectivity index (χ0n) is 13.4. The van der Waals surface area contributed by atoms with Gasteiger partial charge in [0.1, 0.15) is 0 Å². The zero-order chi connectivity index (χ0) is 15.6. The van der Waals surface area contributed by atoms with Crippen molar-refractivity contribution in [3.8, 4) is 11.3 Å². The number of hydrogen-bond donors (Lipinski definition) is 2. The number of carbonyl (C=O) groups is 1. The van der Waals surface area contributed by atoms with E-state index in [2.05, 4.69) is 15.6 Å². The van der Waals surface area contributed by atoms with E-state index in [1.807, 2.05) is 35.7 Å². The number of benzene rings is 1. The van der Waals surface area contributed by atoms with E-state index in [0.717, 1.165) is 24.1 Å². The van der Waals surface area contributed by atoms with E-state index in [1.54, 1.807) is 0 Å². The average molecular weight is 364 g/mol. The highest BCUT2D eigenvalue weighted by molar-refractivity contribution is 7.14. The smallest absolute Gasteiger partial charge is 0.226 e. The van der Waals surface area contributed by atoms with Crippen LogP contribution in [-0.4, -0.2) is 23.0 Å². The van der Waals surface area contributed by atoms with Crippen molar-refractivity contribution in [3.63, 3.8) is 0 Å². The van der Waals surface area contributed by atoms with Gasteiger partial charge < -0.3 is 10.6 Å². The van der Waals surface area contributed by atoms with Gasteiger partial charge in [0.2, 0.25) is 5.91 Å². The van der Waals surface area contributed by atoms with Crippen LogP contribution >= 0.6 is 23.7 Å². The largest absolute Gasteiger partial charge is 0.311 e.